The van der Waals surface area contributed by atoms with Gasteiger partial charge in [-0.25, -0.2) is 27.1 Å². The van der Waals surface area contributed by atoms with Crippen LogP contribution in [-0.4, -0.2) is 53.6 Å². The lowest BCUT2D eigenvalue weighted by atomic mass is 9.76. The van der Waals surface area contributed by atoms with Crippen LogP contribution >= 0.6 is 0 Å². The first-order valence-electron chi connectivity index (χ1n) is 10.7. The van der Waals surface area contributed by atoms with Gasteiger partial charge in [0.25, 0.3) is 0 Å². The minimum Gasteiger partial charge on any atom is -0.495 e. The number of ether oxygens (including phenoxy) is 1. The third kappa shape index (κ3) is 3.33. The molecule has 2 aliphatic carbocycles. The van der Waals surface area contributed by atoms with Crippen molar-refractivity contribution in [3.8, 4) is 5.75 Å². The molecule has 0 amide bonds. The van der Waals surface area contributed by atoms with Crippen LogP contribution < -0.4 is 15.4 Å². The first-order chi connectivity index (χ1) is 15.8. The van der Waals surface area contributed by atoms with Crippen LogP contribution in [-0.2, 0) is 10.0 Å². The van der Waals surface area contributed by atoms with Gasteiger partial charge in [0.2, 0.25) is 16.0 Å². The van der Waals surface area contributed by atoms with Crippen molar-refractivity contribution in [2.75, 3.05) is 19.5 Å². The largest absolute Gasteiger partial charge is 0.495 e. The first kappa shape index (κ1) is 21.6. The van der Waals surface area contributed by atoms with Gasteiger partial charge in [-0.1, -0.05) is 0 Å². The van der Waals surface area contributed by atoms with Gasteiger partial charge in [-0.05, 0) is 50.0 Å². The van der Waals surface area contributed by atoms with Crippen LogP contribution in [0.15, 0.2) is 48.2 Å². The molecule has 2 fully saturated rings. The van der Waals surface area contributed by atoms with E-state index in [2.05, 4.69) is 20.6 Å². The topological polar surface area (TPSA) is 120 Å². The molecule has 0 spiro atoms. The van der Waals surface area contributed by atoms with Crippen molar-refractivity contribution in [2.45, 2.75) is 36.5 Å². The molecule has 3 atom stereocenters. The highest BCUT2D eigenvalue weighted by Crippen LogP contribution is 2.49. The Morgan fingerprint density at radius 2 is 2.18 bits per heavy atom. The molecule has 3 aliphatic rings. The summed E-state index contributed by atoms with van der Waals surface area (Å²) >= 11 is 0. The van der Waals surface area contributed by atoms with Crippen molar-refractivity contribution in [3.63, 3.8) is 0 Å². The van der Waals surface area contributed by atoms with E-state index in [1.807, 2.05) is 12.1 Å². The van der Waals surface area contributed by atoms with E-state index < -0.39 is 26.7 Å². The van der Waals surface area contributed by atoms with Crippen molar-refractivity contribution >= 4 is 32.7 Å². The van der Waals surface area contributed by atoms with E-state index in [0.717, 1.165) is 9.69 Å². The summed E-state index contributed by atoms with van der Waals surface area (Å²) in [5.41, 5.74) is 0.273. The van der Waals surface area contributed by atoms with E-state index in [1.165, 1.54) is 13.1 Å². The molecule has 11 heteroatoms. The molecule has 0 aromatic carbocycles. The molecule has 2 aromatic rings. The number of anilines is 1. The van der Waals surface area contributed by atoms with Crippen LogP contribution in [0.3, 0.4) is 0 Å². The predicted molar refractivity (Wildman–Crippen MR) is 123 cm³/mol. The van der Waals surface area contributed by atoms with Crippen LogP contribution in [0.25, 0.3) is 10.9 Å². The number of halogens is 1. The number of rotatable bonds is 4. The molecule has 0 radical (unpaired) electrons. The Kier molecular flexibility index (Phi) is 5.04. The van der Waals surface area contributed by atoms with Crippen molar-refractivity contribution < 1.29 is 17.5 Å². The van der Waals surface area contributed by atoms with Gasteiger partial charge >= 0.3 is 0 Å². The number of allylic oxidation sites excluding steroid dienone is 3. The maximum absolute atomic E-state index is 15.2. The van der Waals surface area contributed by atoms with Crippen LogP contribution in [0, 0.1) is 11.3 Å². The molecule has 33 heavy (non-hydrogen) atoms. The summed E-state index contributed by atoms with van der Waals surface area (Å²) in [5, 5.41) is 14.6. The van der Waals surface area contributed by atoms with Gasteiger partial charge in [-0.2, -0.15) is 0 Å². The highest BCUT2D eigenvalue weighted by molar-refractivity contribution is 7.90. The highest BCUT2D eigenvalue weighted by Gasteiger charge is 2.60. The summed E-state index contributed by atoms with van der Waals surface area (Å²) in [6.07, 6.45) is 8.07. The Morgan fingerprint density at radius 1 is 1.36 bits per heavy atom. The number of guanidine groups is 1. The summed E-state index contributed by atoms with van der Waals surface area (Å²) in [5.74, 6) is -0.192. The molecule has 1 unspecified atom stereocenters. The molecule has 2 aromatic heterocycles. The van der Waals surface area contributed by atoms with Crippen molar-refractivity contribution in [2.24, 2.45) is 5.92 Å². The minimum atomic E-state index is -3.75. The van der Waals surface area contributed by atoms with Crippen molar-refractivity contribution in [1.29, 1.82) is 5.41 Å². The van der Waals surface area contributed by atoms with Crippen LogP contribution in [0.5, 0.6) is 5.75 Å². The van der Waals surface area contributed by atoms with Gasteiger partial charge < -0.3 is 15.4 Å². The molecule has 1 saturated carbocycles. The lowest BCUT2D eigenvalue weighted by Gasteiger charge is -2.48. The molecule has 9 nitrogen and oxygen atoms in total. The third-order valence-corrected chi connectivity index (χ3v) is 9.27. The summed E-state index contributed by atoms with van der Waals surface area (Å²) in [7, 11) is -0.818. The fraction of sp³-hybridized carbons (Fsp3) is 0.409. The van der Waals surface area contributed by atoms with E-state index in [9.17, 15) is 8.42 Å². The lowest BCUT2D eigenvalue weighted by Crippen LogP contribution is -2.70. The van der Waals surface area contributed by atoms with E-state index in [1.54, 1.807) is 25.6 Å². The molecule has 0 bridgehead atoms. The molecule has 174 valence electrons. The maximum atomic E-state index is 15.2. The Morgan fingerprint density at radius 3 is 2.97 bits per heavy atom. The number of methoxy groups -OCH3 is 1. The molecular weight excluding hydrogens is 447 g/mol. The molecule has 1 aliphatic heterocycles. The number of pyridine rings is 2. The fourth-order valence-electron chi connectivity index (χ4n) is 5.26. The van der Waals surface area contributed by atoms with E-state index in [4.69, 9.17) is 10.1 Å². The molecule has 5 rings (SSSR count). The van der Waals surface area contributed by atoms with Gasteiger partial charge in [0.05, 0.1) is 18.8 Å². The zero-order valence-corrected chi connectivity index (χ0v) is 19.1. The van der Waals surface area contributed by atoms with Gasteiger partial charge in [0.15, 0.2) is 5.82 Å². The second-order valence-electron chi connectivity index (χ2n) is 8.64. The van der Waals surface area contributed by atoms with Crippen molar-refractivity contribution in [3.05, 3.63) is 48.2 Å². The summed E-state index contributed by atoms with van der Waals surface area (Å²) in [6.45, 7) is 0. The third-order valence-electron chi connectivity index (χ3n) is 6.95. The van der Waals surface area contributed by atoms with E-state index in [0.29, 0.717) is 42.0 Å². The Bertz CT molecular complexity index is 1310. The average Bonchev–Trinajstić information content (AvgIpc) is 3.24. The average molecular weight is 473 g/mol. The van der Waals surface area contributed by atoms with E-state index in [-0.39, 0.29) is 18.2 Å². The smallest absolute Gasteiger partial charge is 0.242 e. The number of hydrogen-bond donors (Lipinski definition) is 3. The number of fused-ring (bicyclic) bond motifs is 2. The number of hydrogen-bond acceptors (Lipinski definition) is 7. The van der Waals surface area contributed by atoms with Gasteiger partial charge in [-0.3, -0.25) is 5.41 Å². The normalized spacial score (nSPS) is 28.6. The molecule has 1 saturated heterocycles. The van der Waals surface area contributed by atoms with Gasteiger partial charge in [0.1, 0.15) is 22.3 Å². The number of nitrogens with one attached hydrogen (secondary N) is 3. The molecule has 3 N–H and O–H groups in total. The summed E-state index contributed by atoms with van der Waals surface area (Å²) in [4.78, 5) is 8.84. The summed E-state index contributed by atoms with van der Waals surface area (Å²) in [6, 6.07) is 3.68. The lowest BCUT2D eigenvalue weighted by molar-refractivity contribution is 0.227. The molecular formula is C22H25FN6O3S. The number of sulfonamides is 1. The molecule has 3 heterocycles. The Labute approximate surface area is 191 Å². The predicted octanol–water partition coefficient (Wildman–Crippen LogP) is 2.90. The second kappa shape index (κ2) is 7.68. The zero-order chi connectivity index (χ0) is 23.4. The SMILES string of the molecule is COc1cnc2c(NC3=CC=C(F)C([C@]45CCC[C@H]4S(=O)(=O)N(C)C(=N)N5)C3)nccc2c1. The second-order valence-corrected chi connectivity index (χ2v) is 10.8. The Balaban J connectivity index is 1.47. The monoisotopic (exact) mass is 472 g/mol. The summed E-state index contributed by atoms with van der Waals surface area (Å²) < 4.78 is 47.6. The quantitative estimate of drug-likeness (QED) is 0.626. The minimum absolute atomic E-state index is 0.223. The Hall–Kier alpha value is -3.21. The fourth-order valence-corrected chi connectivity index (χ4v) is 7.28. The van der Waals surface area contributed by atoms with Crippen LogP contribution in [0.2, 0.25) is 0 Å². The highest BCUT2D eigenvalue weighted by atomic mass is 32.2. The van der Waals surface area contributed by atoms with Crippen LogP contribution in [0.1, 0.15) is 25.7 Å². The van der Waals surface area contributed by atoms with E-state index >= 15 is 4.39 Å². The zero-order valence-electron chi connectivity index (χ0n) is 18.3. The van der Waals surface area contributed by atoms with Crippen LogP contribution in [0.4, 0.5) is 10.2 Å². The maximum Gasteiger partial charge on any atom is 0.242 e. The van der Waals surface area contributed by atoms with Gasteiger partial charge in [-0.15, -0.1) is 0 Å². The standard InChI is InChI=1S/C22H25FN6O3S/c1-29-21(24)28-22(8-3-4-18(22)33(29,30)31)16-11-14(5-6-17(16)23)27-20-19-13(7-9-25-20)10-15(32-2)12-26-19/h5-7,9-10,12,16,18H,3-4,8,11H2,1-2H3,(H2,24,28)(H,25,27)/t16?,18-,22-/m1/s1. The first-order valence-corrected chi connectivity index (χ1v) is 12.2. The van der Waals surface area contributed by atoms with Crippen molar-refractivity contribution in [1.82, 2.24) is 19.6 Å². The number of aromatic nitrogens is 2. The van der Waals surface area contributed by atoms with Gasteiger partial charge in [0, 0.05) is 30.2 Å². The number of nitrogens with zero attached hydrogens (tertiary/aromatic N) is 3.